The summed E-state index contributed by atoms with van der Waals surface area (Å²) < 4.78 is 28.0. The number of furan rings is 1. The van der Waals surface area contributed by atoms with Crippen molar-refractivity contribution in [1.82, 2.24) is 5.32 Å². The summed E-state index contributed by atoms with van der Waals surface area (Å²) in [4.78, 5) is 27.9. The van der Waals surface area contributed by atoms with Crippen molar-refractivity contribution in [3.05, 3.63) is 78.3 Å². The molecule has 10 heteroatoms. The van der Waals surface area contributed by atoms with E-state index in [0.29, 0.717) is 22.9 Å². The third-order valence-electron chi connectivity index (χ3n) is 3.85. The minimum Gasteiger partial charge on any atom is -0.458 e. The molecule has 1 aromatic heterocycles. The van der Waals surface area contributed by atoms with Crippen LogP contribution in [0.25, 0.3) is 0 Å². The minimum atomic E-state index is -3.75. The lowest BCUT2D eigenvalue weighted by atomic mass is 10.3. The molecule has 9 nitrogen and oxygen atoms in total. The van der Waals surface area contributed by atoms with Gasteiger partial charge in [0.1, 0.15) is 11.5 Å². The number of hydrogen-bond donors (Lipinski definition) is 3. The van der Waals surface area contributed by atoms with Crippen LogP contribution >= 0.6 is 0 Å². The monoisotopic (exact) mass is 426 g/mol. The minimum absolute atomic E-state index is 0.00576. The van der Waals surface area contributed by atoms with Crippen molar-refractivity contribution in [3.63, 3.8) is 0 Å². The molecule has 0 unspecified atom stereocenters. The van der Waals surface area contributed by atoms with Crippen molar-refractivity contribution in [2.24, 2.45) is 10.1 Å². The Morgan fingerprint density at radius 1 is 0.967 bits per heavy atom. The SMILES string of the molecule is NS(=O)(=O)c1ccc(N=Cc2ccc(CNC(=O)C(=O)Nc3ccccc3)o2)cc1. The number of amides is 2. The van der Waals surface area contributed by atoms with Gasteiger partial charge < -0.3 is 15.1 Å². The average Bonchev–Trinajstić information content (AvgIpc) is 3.19. The molecule has 3 aromatic rings. The van der Waals surface area contributed by atoms with E-state index in [1.54, 1.807) is 42.5 Å². The average molecular weight is 426 g/mol. The summed E-state index contributed by atoms with van der Waals surface area (Å²) in [6.07, 6.45) is 1.44. The zero-order valence-corrected chi connectivity index (χ0v) is 16.4. The molecular formula is C20H18N4O5S. The maximum atomic E-state index is 11.9. The highest BCUT2D eigenvalue weighted by molar-refractivity contribution is 7.89. The molecule has 0 bridgehead atoms. The van der Waals surface area contributed by atoms with Crippen LogP contribution in [0.3, 0.4) is 0 Å². The quantitative estimate of drug-likeness (QED) is 0.407. The van der Waals surface area contributed by atoms with Gasteiger partial charge in [0.15, 0.2) is 0 Å². The molecule has 0 fully saturated rings. The molecule has 1 heterocycles. The number of sulfonamides is 1. The van der Waals surface area contributed by atoms with Crippen LogP contribution in [0.4, 0.5) is 11.4 Å². The second kappa shape index (κ2) is 9.16. The van der Waals surface area contributed by atoms with Crippen LogP contribution in [-0.2, 0) is 26.2 Å². The number of anilines is 1. The molecule has 0 atom stereocenters. The Morgan fingerprint density at radius 2 is 1.67 bits per heavy atom. The fourth-order valence-corrected chi connectivity index (χ4v) is 2.89. The maximum absolute atomic E-state index is 11.9. The Balaban J connectivity index is 1.53. The molecule has 0 aliphatic heterocycles. The first-order valence-corrected chi connectivity index (χ1v) is 10.3. The van der Waals surface area contributed by atoms with E-state index in [1.165, 1.54) is 30.5 Å². The smallest absolute Gasteiger partial charge is 0.313 e. The normalized spacial score (nSPS) is 11.4. The molecule has 30 heavy (non-hydrogen) atoms. The van der Waals surface area contributed by atoms with Gasteiger partial charge in [-0.2, -0.15) is 0 Å². The van der Waals surface area contributed by atoms with Crippen LogP contribution in [0.1, 0.15) is 11.5 Å². The molecule has 154 valence electrons. The van der Waals surface area contributed by atoms with Crippen molar-refractivity contribution in [3.8, 4) is 0 Å². The zero-order valence-electron chi connectivity index (χ0n) is 15.6. The van der Waals surface area contributed by atoms with E-state index in [1.807, 2.05) is 0 Å². The van der Waals surface area contributed by atoms with Gasteiger partial charge in [0.2, 0.25) is 10.0 Å². The Hall–Kier alpha value is -3.76. The standard InChI is InChI=1S/C20H18N4O5S/c21-30(27,28)18-10-6-14(7-11-18)22-12-16-8-9-17(29-16)13-23-19(25)20(26)24-15-4-2-1-3-5-15/h1-12H,13H2,(H,23,25)(H,24,26)(H2,21,27,28). The number of para-hydroxylation sites is 1. The van der Waals surface area contributed by atoms with Gasteiger partial charge in [-0.3, -0.25) is 14.6 Å². The summed E-state index contributed by atoms with van der Waals surface area (Å²) in [7, 11) is -3.75. The highest BCUT2D eigenvalue weighted by Gasteiger charge is 2.14. The molecule has 0 saturated heterocycles. The predicted octanol–water partition coefficient (Wildman–Crippen LogP) is 1.93. The number of rotatable bonds is 6. The second-order valence-electron chi connectivity index (χ2n) is 6.10. The first-order chi connectivity index (χ1) is 14.3. The van der Waals surface area contributed by atoms with Gasteiger partial charge in [-0.25, -0.2) is 13.6 Å². The number of nitrogens with one attached hydrogen (secondary N) is 2. The van der Waals surface area contributed by atoms with E-state index in [0.717, 1.165) is 0 Å². The lowest BCUT2D eigenvalue weighted by Gasteiger charge is -2.05. The Labute approximate surface area is 172 Å². The van der Waals surface area contributed by atoms with E-state index in [4.69, 9.17) is 9.56 Å². The molecule has 0 radical (unpaired) electrons. The molecule has 3 rings (SSSR count). The van der Waals surface area contributed by atoms with Crippen molar-refractivity contribution >= 4 is 39.4 Å². The Kier molecular flexibility index (Phi) is 6.40. The molecule has 0 aliphatic rings. The van der Waals surface area contributed by atoms with Crippen molar-refractivity contribution in [2.45, 2.75) is 11.4 Å². The first-order valence-electron chi connectivity index (χ1n) is 8.71. The Bertz CT molecular complexity index is 1170. The first kappa shape index (κ1) is 21.0. The third-order valence-corrected chi connectivity index (χ3v) is 4.78. The summed E-state index contributed by atoms with van der Waals surface area (Å²) in [5, 5.41) is 10.0. The van der Waals surface area contributed by atoms with Crippen LogP contribution in [0.15, 0.2) is 81.0 Å². The molecule has 4 N–H and O–H groups in total. The third kappa shape index (κ3) is 5.87. The molecule has 2 aromatic carbocycles. The summed E-state index contributed by atoms with van der Waals surface area (Å²) in [5.41, 5.74) is 1.03. The van der Waals surface area contributed by atoms with Gasteiger partial charge in [0, 0.05) is 5.69 Å². The number of benzene rings is 2. The van der Waals surface area contributed by atoms with Crippen molar-refractivity contribution < 1.29 is 22.4 Å². The zero-order chi connectivity index (χ0) is 21.6. The number of primary sulfonamides is 1. The van der Waals surface area contributed by atoms with Crippen LogP contribution in [0.2, 0.25) is 0 Å². The fourth-order valence-electron chi connectivity index (χ4n) is 2.38. The number of nitrogens with two attached hydrogens (primary N) is 1. The van der Waals surface area contributed by atoms with Gasteiger partial charge in [0.05, 0.1) is 23.3 Å². The van der Waals surface area contributed by atoms with Crippen molar-refractivity contribution in [1.29, 1.82) is 0 Å². The van der Waals surface area contributed by atoms with E-state index >= 15 is 0 Å². The fraction of sp³-hybridized carbons (Fsp3) is 0.0500. The van der Waals surface area contributed by atoms with Crippen molar-refractivity contribution in [2.75, 3.05) is 5.32 Å². The Morgan fingerprint density at radius 3 is 2.33 bits per heavy atom. The van der Waals surface area contributed by atoms with E-state index in [9.17, 15) is 18.0 Å². The van der Waals surface area contributed by atoms with Gasteiger partial charge in [0.25, 0.3) is 0 Å². The number of nitrogens with zero attached hydrogens (tertiary/aromatic N) is 1. The number of hydrogen-bond acceptors (Lipinski definition) is 6. The summed E-state index contributed by atoms with van der Waals surface area (Å²) in [5.74, 6) is -0.719. The van der Waals surface area contributed by atoms with Crippen LogP contribution in [0.5, 0.6) is 0 Å². The predicted molar refractivity (Wildman–Crippen MR) is 111 cm³/mol. The number of aliphatic imine (C=N–C) groups is 1. The maximum Gasteiger partial charge on any atom is 0.313 e. The van der Waals surface area contributed by atoms with E-state index in [2.05, 4.69) is 15.6 Å². The molecule has 0 saturated carbocycles. The lowest BCUT2D eigenvalue weighted by molar-refractivity contribution is -0.136. The van der Waals surface area contributed by atoms with Crippen LogP contribution < -0.4 is 15.8 Å². The van der Waals surface area contributed by atoms with E-state index < -0.39 is 21.8 Å². The molecule has 0 aliphatic carbocycles. The van der Waals surface area contributed by atoms with Crippen LogP contribution in [0, 0.1) is 0 Å². The summed E-state index contributed by atoms with van der Waals surface area (Å²) >= 11 is 0. The molecule has 2 amide bonds. The van der Waals surface area contributed by atoms with Gasteiger partial charge in [-0.05, 0) is 48.5 Å². The lowest BCUT2D eigenvalue weighted by Crippen LogP contribution is -2.34. The number of carbonyl (C=O) groups excluding carboxylic acids is 2. The highest BCUT2D eigenvalue weighted by Crippen LogP contribution is 2.16. The van der Waals surface area contributed by atoms with Gasteiger partial charge in [-0.1, -0.05) is 18.2 Å². The van der Waals surface area contributed by atoms with Gasteiger partial charge >= 0.3 is 11.8 Å². The molecule has 0 spiro atoms. The summed E-state index contributed by atoms with van der Waals surface area (Å²) in [6, 6.07) is 17.6. The second-order valence-corrected chi connectivity index (χ2v) is 7.67. The van der Waals surface area contributed by atoms with E-state index in [-0.39, 0.29) is 11.4 Å². The number of carbonyl (C=O) groups is 2. The molecular weight excluding hydrogens is 408 g/mol. The largest absolute Gasteiger partial charge is 0.458 e. The summed E-state index contributed by atoms with van der Waals surface area (Å²) in [6.45, 7) is 0.0257. The van der Waals surface area contributed by atoms with Crippen LogP contribution in [-0.4, -0.2) is 26.4 Å². The van der Waals surface area contributed by atoms with Gasteiger partial charge in [-0.15, -0.1) is 0 Å². The highest BCUT2D eigenvalue weighted by atomic mass is 32.2. The topological polar surface area (TPSA) is 144 Å².